The summed E-state index contributed by atoms with van der Waals surface area (Å²) in [5.74, 6) is 0.715. The molecular formula is C16H19N3O5S. The van der Waals surface area contributed by atoms with Crippen LogP contribution in [0.2, 0.25) is 0 Å². The molecule has 9 heteroatoms. The second-order valence-electron chi connectivity index (χ2n) is 4.91. The Morgan fingerprint density at radius 2 is 2.24 bits per heavy atom. The first-order valence-corrected chi connectivity index (χ1v) is 8.57. The van der Waals surface area contributed by atoms with Gasteiger partial charge in [-0.25, -0.2) is 4.79 Å². The largest absolute Gasteiger partial charge is 0.490 e. The number of amidine groups is 1. The van der Waals surface area contributed by atoms with E-state index in [0.29, 0.717) is 29.0 Å². The summed E-state index contributed by atoms with van der Waals surface area (Å²) in [5, 5.41) is 10.9. The molecule has 25 heavy (non-hydrogen) atoms. The molecule has 0 aromatic heterocycles. The van der Waals surface area contributed by atoms with Gasteiger partial charge in [0, 0.05) is 0 Å². The summed E-state index contributed by atoms with van der Waals surface area (Å²) in [5.41, 5.74) is 0.736. The summed E-state index contributed by atoms with van der Waals surface area (Å²) in [4.78, 5) is 22.6. The highest BCUT2D eigenvalue weighted by molar-refractivity contribution is 8.15. The summed E-state index contributed by atoms with van der Waals surface area (Å²) < 4.78 is 15.8. The highest BCUT2D eigenvalue weighted by Gasteiger charge is 2.18. The molecule has 1 aliphatic rings. The number of esters is 1. The molecule has 1 aromatic rings. The number of carbonyl (C=O) groups is 2. The monoisotopic (exact) mass is 365 g/mol. The second-order valence-corrected chi connectivity index (χ2v) is 5.87. The molecule has 1 heterocycles. The lowest BCUT2D eigenvalue weighted by atomic mass is 10.2. The Kier molecular flexibility index (Phi) is 6.81. The van der Waals surface area contributed by atoms with Crippen molar-refractivity contribution in [3.05, 3.63) is 23.8 Å². The molecule has 0 saturated carbocycles. The number of hydrogen-bond donors (Lipinski definition) is 1. The Bertz CT molecular complexity index is 705. The van der Waals surface area contributed by atoms with Gasteiger partial charge in [0.15, 0.2) is 22.8 Å². The third-order valence-electron chi connectivity index (χ3n) is 3.05. The van der Waals surface area contributed by atoms with Crippen LogP contribution in [0.1, 0.15) is 19.4 Å². The van der Waals surface area contributed by atoms with E-state index in [2.05, 4.69) is 20.3 Å². The van der Waals surface area contributed by atoms with Gasteiger partial charge in [-0.05, 0) is 37.6 Å². The minimum Gasteiger partial charge on any atom is -0.490 e. The summed E-state index contributed by atoms with van der Waals surface area (Å²) in [6.07, 6.45) is 0.784. The van der Waals surface area contributed by atoms with Crippen LogP contribution in [0, 0.1) is 0 Å². The fraction of sp³-hybridized carbons (Fsp3) is 0.375. The molecule has 1 fully saturated rings. The van der Waals surface area contributed by atoms with Crippen LogP contribution in [0.3, 0.4) is 0 Å². The van der Waals surface area contributed by atoms with E-state index in [4.69, 9.17) is 9.47 Å². The summed E-state index contributed by atoms with van der Waals surface area (Å²) in [7, 11) is 1.30. The first-order valence-electron chi connectivity index (χ1n) is 7.58. The number of methoxy groups -OCH3 is 1. The first kappa shape index (κ1) is 18.8. The Balaban J connectivity index is 2.11. The molecule has 0 spiro atoms. The molecule has 2 rings (SSSR count). The Hall–Kier alpha value is -2.55. The van der Waals surface area contributed by atoms with Crippen molar-refractivity contribution in [3.8, 4) is 11.5 Å². The molecule has 1 amide bonds. The minimum absolute atomic E-state index is 0.0844. The van der Waals surface area contributed by atoms with Crippen molar-refractivity contribution >= 4 is 35.0 Å². The number of amides is 1. The zero-order valence-electron chi connectivity index (χ0n) is 14.1. The van der Waals surface area contributed by atoms with Gasteiger partial charge >= 0.3 is 5.97 Å². The second kappa shape index (κ2) is 9.07. The van der Waals surface area contributed by atoms with E-state index >= 15 is 0 Å². The third kappa shape index (κ3) is 5.49. The van der Waals surface area contributed by atoms with Gasteiger partial charge in [-0.15, -0.1) is 5.10 Å². The lowest BCUT2D eigenvalue weighted by molar-refractivity contribution is -0.147. The van der Waals surface area contributed by atoms with Crippen molar-refractivity contribution in [2.75, 3.05) is 19.5 Å². The maximum atomic E-state index is 11.5. The summed E-state index contributed by atoms with van der Waals surface area (Å²) >= 11 is 1.30. The number of nitrogens with zero attached hydrogens (tertiary/aromatic N) is 2. The smallest absolute Gasteiger partial charge is 0.346 e. The molecule has 8 nitrogen and oxygen atoms in total. The molecule has 1 aliphatic heterocycles. The average molecular weight is 365 g/mol. The van der Waals surface area contributed by atoms with E-state index in [9.17, 15) is 9.59 Å². The Labute approximate surface area is 149 Å². The predicted molar refractivity (Wildman–Crippen MR) is 95.3 cm³/mol. The molecule has 1 N–H and O–H groups in total. The van der Waals surface area contributed by atoms with Crippen LogP contribution >= 0.6 is 11.8 Å². The Morgan fingerprint density at radius 1 is 1.44 bits per heavy atom. The normalized spacial score (nSPS) is 16.8. The van der Waals surface area contributed by atoms with Gasteiger partial charge in [0.05, 0.1) is 25.7 Å². The van der Waals surface area contributed by atoms with Gasteiger partial charge in [0.2, 0.25) is 5.91 Å². The number of ether oxygens (including phenoxy) is 3. The van der Waals surface area contributed by atoms with Gasteiger partial charge in [0.25, 0.3) is 0 Å². The summed E-state index contributed by atoms with van der Waals surface area (Å²) in [6.45, 7) is 3.88. The zero-order chi connectivity index (χ0) is 18.2. The van der Waals surface area contributed by atoms with E-state index < -0.39 is 12.1 Å². The lowest BCUT2D eigenvalue weighted by Crippen LogP contribution is -2.25. The van der Waals surface area contributed by atoms with Crippen molar-refractivity contribution in [2.45, 2.75) is 20.0 Å². The SMILES string of the molecule is CCOc1cc(C=NN=C2NC(=O)CS2)ccc1OC(C)C(=O)OC. The maximum absolute atomic E-state index is 11.5. The van der Waals surface area contributed by atoms with Crippen LogP contribution in [0.15, 0.2) is 28.4 Å². The number of rotatable bonds is 7. The molecule has 1 unspecified atom stereocenters. The van der Waals surface area contributed by atoms with Crippen molar-refractivity contribution in [1.29, 1.82) is 0 Å². The van der Waals surface area contributed by atoms with E-state index in [1.165, 1.54) is 25.1 Å². The fourth-order valence-electron chi connectivity index (χ4n) is 1.90. The number of thioether (sulfide) groups is 1. The number of carbonyl (C=O) groups excluding carboxylic acids is 2. The van der Waals surface area contributed by atoms with Crippen LogP contribution in [0.4, 0.5) is 0 Å². The molecule has 1 saturated heterocycles. The van der Waals surface area contributed by atoms with E-state index in [1.54, 1.807) is 25.1 Å². The predicted octanol–water partition coefficient (Wildman–Crippen LogP) is 1.58. The first-order chi connectivity index (χ1) is 12.0. The molecule has 134 valence electrons. The van der Waals surface area contributed by atoms with Crippen LogP contribution in [-0.4, -0.2) is 48.8 Å². The average Bonchev–Trinajstić information content (AvgIpc) is 3.01. The van der Waals surface area contributed by atoms with Crippen molar-refractivity contribution < 1.29 is 23.8 Å². The van der Waals surface area contributed by atoms with Crippen molar-refractivity contribution in [1.82, 2.24) is 5.32 Å². The summed E-state index contributed by atoms with van der Waals surface area (Å²) in [6, 6.07) is 5.17. The molecule has 1 aromatic carbocycles. The quantitative estimate of drug-likeness (QED) is 0.447. The third-order valence-corrected chi connectivity index (χ3v) is 3.91. The Morgan fingerprint density at radius 3 is 2.88 bits per heavy atom. The minimum atomic E-state index is -0.752. The number of benzene rings is 1. The molecule has 0 aliphatic carbocycles. The number of nitrogens with one attached hydrogen (secondary N) is 1. The zero-order valence-corrected chi connectivity index (χ0v) is 15.0. The van der Waals surface area contributed by atoms with Crippen molar-refractivity contribution in [2.24, 2.45) is 10.2 Å². The van der Waals surface area contributed by atoms with E-state index in [0.717, 1.165) is 5.56 Å². The van der Waals surface area contributed by atoms with E-state index in [1.807, 2.05) is 6.92 Å². The van der Waals surface area contributed by atoms with Crippen LogP contribution in [0.25, 0.3) is 0 Å². The highest BCUT2D eigenvalue weighted by atomic mass is 32.2. The number of hydrogen-bond acceptors (Lipinski definition) is 8. The fourth-order valence-corrected chi connectivity index (χ4v) is 2.53. The van der Waals surface area contributed by atoms with E-state index in [-0.39, 0.29) is 5.91 Å². The maximum Gasteiger partial charge on any atom is 0.346 e. The van der Waals surface area contributed by atoms with Crippen LogP contribution in [0.5, 0.6) is 11.5 Å². The van der Waals surface area contributed by atoms with Gasteiger partial charge < -0.3 is 19.5 Å². The molecular weight excluding hydrogens is 346 g/mol. The lowest BCUT2D eigenvalue weighted by Gasteiger charge is -2.16. The van der Waals surface area contributed by atoms with Crippen LogP contribution in [-0.2, 0) is 14.3 Å². The highest BCUT2D eigenvalue weighted by Crippen LogP contribution is 2.29. The standard InChI is InChI=1S/C16H19N3O5S/c1-4-23-13-7-11(8-17-19-16-18-14(20)9-25-16)5-6-12(13)24-10(2)15(21)22-3/h5-8,10H,4,9H2,1-3H3,(H,18,19,20). The van der Waals surface area contributed by atoms with Crippen molar-refractivity contribution in [3.63, 3.8) is 0 Å². The molecule has 0 radical (unpaired) electrons. The molecule has 0 bridgehead atoms. The topological polar surface area (TPSA) is 98.6 Å². The van der Waals surface area contributed by atoms with Gasteiger partial charge in [-0.1, -0.05) is 11.8 Å². The van der Waals surface area contributed by atoms with Crippen LogP contribution < -0.4 is 14.8 Å². The van der Waals surface area contributed by atoms with Gasteiger partial charge in [-0.2, -0.15) is 5.10 Å². The van der Waals surface area contributed by atoms with Gasteiger partial charge in [-0.3, -0.25) is 4.79 Å². The molecule has 1 atom stereocenters. The van der Waals surface area contributed by atoms with Gasteiger partial charge in [0.1, 0.15) is 0 Å².